The second kappa shape index (κ2) is 17.0. The maximum Gasteiger partial charge on any atom is 0.184 e. The molecule has 2 aromatic carbocycles. The number of rotatable bonds is 19. The highest BCUT2D eigenvalue weighted by Gasteiger charge is 2.17. The van der Waals surface area contributed by atoms with Crippen LogP contribution in [0.3, 0.4) is 0 Å². The average molecular weight is 497 g/mol. The Kier molecular flexibility index (Phi) is 14.4. The topological polar surface area (TPSA) is 18.5 Å². The summed E-state index contributed by atoms with van der Waals surface area (Å²) in [5.74, 6) is 0.984. The summed E-state index contributed by atoms with van der Waals surface area (Å²) >= 11 is 0. The summed E-state index contributed by atoms with van der Waals surface area (Å²) in [4.78, 5) is 0. The van der Waals surface area contributed by atoms with E-state index in [-0.39, 0.29) is 0 Å². The maximum absolute atomic E-state index is 6.14. The SMILES string of the molecule is CCCCCCCCCCOc1ccc(-c2ccc(CCCCCC(C)O[Si](C)(C)C)cc2)cc1. The number of unbranched alkanes of at least 4 members (excludes halogenated alkanes) is 9. The summed E-state index contributed by atoms with van der Waals surface area (Å²) in [6.07, 6.45) is 17.2. The summed E-state index contributed by atoms with van der Waals surface area (Å²) < 4.78 is 12.1. The van der Waals surface area contributed by atoms with Crippen LogP contribution in [0.15, 0.2) is 48.5 Å². The van der Waals surface area contributed by atoms with Crippen molar-refractivity contribution in [2.24, 2.45) is 0 Å². The van der Waals surface area contributed by atoms with Gasteiger partial charge in [-0.25, -0.2) is 0 Å². The van der Waals surface area contributed by atoms with Gasteiger partial charge >= 0.3 is 0 Å². The van der Waals surface area contributed by atoms with E-state index in [1.54, 1.807) is 0 Å². The van der Waals surface area contributed by atoms with Crippen molar-refractivity contribution in [2.75, 3.05) is 6.61 Å². The van der Waals surface area contributed by atoms with Crippen molar-refractivity contribution in [3.63, 3.8) is 0 Å². The van der Waals surface area contributed by atoms with Gasteiger partial charge in [-0.05, 0) is 81.1 Å². The summed E-state index contributed by atoms with van der Waals surface area (Å²) in [6, 6.07) is 17.7. The number of benzene rings is 2. The quantitative estimate of drug-likeness (QED) is 0.142. The van der Waals surface area contributed by atoms with Gasteiger partial charge in [0.1, 0.15) is 5.75 Å². The van der Waals surface area contributed by atoms with Crippen molar-refractivity contribution in [3.05, 3.63) is 54.1 Å². The largest absolute Gasteiger partial charge is 0.494 e. The summed E-state index contributed by atoms with van der Waals surface area (Å²) in [5, 5.41) is 0. The van der Waals surface area contributed by atoms with Crippen LogP contribution in [-0.2, 0) is 10.8 Å². The van der Waals surface area contributed by atoms with E-state index < -0.39 is 8.32 Å². The Morgan fingerprint density at radius 2 is 1.20 bits per heavy atom. The monoisotopic (exact) mass is 496 g/mol. The molecule has 0 amide bonds. The predicted octanol–water partition coefficient (Wildman–Crippen LogP) is 10.2. The third-order valence-corrected chi connectivity index (χ3v) is 7.65. The molecular weight excluding hydrogens is 444 g/mol. The molecule has 1 unspecified atom stereocenters. The molecule has 0 heterocycles. The fraction of sp³-hybridized carbons (Fsp3) is 0.625. The molecule has 1 atom stereocenters. The molecule has 0 N–H and O–H groups in total. The Hall–Kier alpha value is -1.58. The number of aryl methyl sites for hydroxylation is 1. The van der Waals surface area contributed by atoms with E-state index in [9.17, 15) is 0 Å². The van der Waals surface area contributed by atoms with Crippen LogP contribution in [0.1, 0.15) is 96.5 Å². The standard InChI is InChI=1S/C32H52O2Si/c1-6-7-8-9-10-11-12-16-27-33-32-25-23-31(24-26-32)30-21-19-29(20-22-30)18-15-13-14-17-28(2)34-35(3,4)5/h19-26,28H,6-18,27H2,1-5H3. The zero-order valence-electron chi connectivity index (χ0n) is 23.4. The van der Waals surface area contributed by atoms with E-state index in [0.29, 0.717) is 6.10 Å². The van der Waals surface area contributed by atoms with Crippen LogP contribution < -0.4 is 4.74 Å². The third-order valence-electron chi connectivity index (χ3n) is 6.54. The first kappa shape index (κ1) is 29.6. The van der Waals surface area contributed by atoms with Crippen molar-refractivity contribution in [3.8, 4) is 16.9 Å². The highest BCUT2D eigenvalue weighted by Crippen LogP contribution is 2.24. The average Bonchev–Trinajstić information content (AvgIpc) is 2.82. The zero-order valence-corrected chi connectivity index (χ0v) is 24.4. The van der Waals surface area contributed by atoms with Crippen LogP contribution in [0.5, 0.6) is 5.75 Å². The lowest BCUT2D eigenvalue weighted by molar-refractivity contribution is 0.199. The zero-order chi connectivity index (χ0) is 25.4. The van der Waals surface area contributed by atoms with Crippen LogP contribution in [-0.4, -0.2) is 21.0 Å². The van der Waals surface area contributed by atoms with Crippen LogP contribution in [0.4, 0.5) is 0 Å². The second-order valence-electron chi connectivity index (χ2n) is 11.2. The molecular formula is C32H52O2Si. The Bertz CT molecular complexity index is 777. The lowest BCUT2D eigenvalue weighted by atomic mass is 10.0. The molecule has 0 saturated heterocycles. The number of hydrogen-bond donors (Lipinski definition) is 0. The molecule has 0 fully saturated rings. The van der Waals surface area contributed by atoms with E-state index in [4.69, 9.17) is 9.16 Å². The number of hydrogen-bond acceptors (Lipinski definition) is 2. The minimum Gasteiger partial charge on any atom is -0.494 e. The number of ether oxygens (including phenoxy) is 1. The Balaban J connectivity index is 1.61. The third kappa shape index (κ3) is 13.9. The van der Waals surface area contributed by atoms with Gasteiger partial charge in [0, 0.05) is 6.10 Å². The van der Waals surface area contributed by atoms with E-state index in [1.807, 2.05) is 0 Å². The van der Waals surface area contributed by atoms with Gasteiger partial charge in [0.25, 0.3) is 0 Å². The maximum atomic E-state index is 6.14. The lowest BCUT2D eigenvalue weighted by Gasteiger charge is -2.23. The van der Waals surface area contributed by atoms with Gasteiger partial charge in [0.15, 0.2) is 8.32 Å². The van der Waals surface area contributed by atoms with Crippen molar-refractivity contribution >= 4 is 8.32 Å². The first-order valence-electron chi connectivity index (χ1n) is 14.4. The molecule has 0 aliphatic heterocycles. The lowest BCUT2D eigenvalue weighted by Crippen LogP contribution is -2.30. The molecule has 0 saturated carbocycles. The van der Waals surface area contributed by atoms with Gasteiger partial charge in [0.2, 0.25) is 0 Å². The fourth-order valence-electron chi connectivity index (χ4n) is 4.63. The molecule has 196 valence electrons. The predicted molar refractivity (Wildman–Crippen MR) is 156 cm³/mol. The van der Waals surface area contributed by atoms with Gasteiger partial charge < -0.3 is 9.16 Å². The van der Waals surface area contributed by atoms with Gasteiger partial charge in [-0.3, -0.25) is 0 Å². The molecule has 2 nitrogen and oxygen atoms in total. The Labute approximate surface area is 218 Å². The van der Waals surface area contributed by atoms with Gasteiger partial charge in [-0.15, -0.1) is 0 Å². The molecule has 0 spiro atoms. The molecule has 0 bridgehead atoms. The molecule has 3 heteroatoms. The van der Waals surface area contributed by atoms with Crippen LogP contribution >= 0.6 is 0 Å². The fourth-order valence-corrected chi connectivity index (χ4v) is 5.96. The van der Waals surface area contributed by atoms with Crippen molar-refractivity contribution in [1.82, 2.24) is 0 Å². The smallest absolute Gasteiger partial charge is 0.184 e. The van der Waals surface area contributed by atoms with E-state index in [1.165, 1.54) is 87.3 Å². The molecule has 35 heavy (non-hydrogen) atoms. The van der Waals surface area contributed by atoms with E-state index in [0.717, 1.165) is 25.2 Å². The van der Waals surface area contributed by atoms with Crippen LogP contribution in [0.25, 0.3) is 11.1 Å². The van der Waals surface area contributed by atoms with Gasteiger partial charge in [0.05, 0.1) is 6.61 Å². The van der Waals surface area contributed by atoms with E-state index in [2.05, 4.69) is 82.0 Å². The minimum absolute atomic E-state index is 0.405. The summed E-state index contributed by atoms with van der Waals surface area (Å²) in [7, 11) is -1.40. The van der Waals surface area contributed by atoms with Crippen molar-refractivity contribution in [1.29, 1.82) is 0 Å². The first-order chi connectivity index (χ1) is 16.9. The highest BCUT2D eigenvalue weighted by molar-refractivity contribution is 6.69. The second-order valence-corrected chi connectivity index (χ2v) is 15.6. The molecule has 0 aliphatic rings. The van der Waals surface area contributed by atoms with Crippen LogP contribution in [0.2, 0.25) is 19.6 Å². The minimum atomic E-state index is -1.40. The van der Waals surface area contributed by atoms with Gasteiger partial charge in [-0.1, -0.05) is 101 Å². The van der Waals surface area contributed by atoms with E-state index >= 15 is 0 Å². The first-order valence-corrected chi connectivity index (χ1v) is 17.8. The summed E-state index contributed by atoms with van der Waals surface area (Å²) in [5.41, 5.74) is 3.97. The normalized spacial score (nSPS) is 12.6. The van der Waals surface area contributed by atoms with Crippen molar-refractivity contribution < 1.29 is 9.16 Å². The molecule has 0 aliphatic carbocycles. The van der Waals surface area contributed by atoms with Crippen LogP contribution in [0, 0.1) is 0 Å². The molecule has 2 rings (SSSR count). The van der Waals surface area contributed by atoms with Crippen molar-refractivity contribution in [2.45, 2.75) is 123 Å². The Morgan fingerprint density at radius 1 is 0.657 bits per heavy atom. The molecule has 0 radical (unpaired) electrons. The summed E-state index contributed by atoms with van der Waals surface area (Å²) in [6.45, 7) is 12.1. The molecule has 0 aromatic heterocycles. The highest BCUT2D eigenvalue weighted by atomic mass is 28.4. The van der Waals surface area contributed by atoms with Gasteiger partial charge in [-0.2, -0.15) is 0 Å². The Morgan fingerprint density at radius 3 is 1.80 bits per heavy atom. The molecule has 2 aromatic rings.